The van der Waals surface area contributed by atoms with Crippen molar-refractivity contribution in [2.45, 2.75) is 31.5 Å². The molecule has 0 bridgehead atoms. The van der Waals surface area contributed by atoms with Gasteiger partial charge in [-0.05, 0) is 30.5 Å². The lowest BCUT2D eigenvalue weighted by atomic mass is 9.89. The molecule has 88 valence electrons. The number of hydrogen-bond donors (Lipinski definition) is 1. The molecule has 1 N–H and O–H groups in total. The molecule has 4 heteroatoms. The van der Waals surface area contributed by atoms with Gasteiger partial charge in [-0.1, -0.05) is 33.6 Å². The normalized spacial score (nSPS) is 24.2. The molecule has 0 amide bonds. The molecule has 16 heavy (non-hydrogen) atoms. The fourth-order valence-corrected chi connectivity index (χ4v) is 2.58. The summed E-state index contributed by atoms with van der Waals surface area (Å²) >= 11 is 9.53. The number of nitrogens with one attached hydrogen (secondary N) is 1. The monoisotopic (exact) mass is 303 g/mol. The van der Waals surface area contributed by atoms with Crippen molar-refractivity contribution < 1.29 is 4.74 Å². The smallest absolute Gasteiger partial charge is 0.0601 e. The maximum absolute atomic E-state index is 6.14. The van der Waals surface area contributed by atoms with E-state index in [1.54, 1.807) is 7.11 Å². The molecule has 0 atom stereocenters. The van der Waals surface area contributed by atoms with Crippen LogP contribution in [-0.4, -0.2) is 19.3 Å². The van der Waals surface area contributed by atoms with Crippen LogP contribution in [0.15, 0.2) is 22.7 Å². The van der Waals surface area contributed by atoms with Crippen LogP contribution < -0.4 is 5.32 Å². The summed E-state index contributed by atoms with van der Waals surface area (Å²) in [5, 5.41) is 4.29. The summed E-state index contributed by atoms with van der Waals surface area (Å²) in [6.07, 6.45) is 2.65. The van der Waals surface area contributed by atoms with E-state index in [4.69, 9.17) is 16.3 Å². The lowest BCUT2D eigenvalue weighted by Gasteiger charge is -2.34. The third-order valence-electron chi connectivity index (χ3n) is 3.02. The minimum Gasteiger partial charge on any atom is -0.381 e. The molecular weight excluding hydrogens is 289 g/mol. The zero-order valence-electron chi connectivity index (χ0n) is 9.17. The van der Waals surface area contributed by atoms with Gasteiger partial charge in [-0.2, -0.15) is 0 Å². The van der Waals surface area contributed by atoms with Crippen molar-refractivity contribution in [2.75, 3.05) is 7.11 Å². The summed E-state index contributed by atoms with van der Waals surface area (Å²) < 4.78 is 6.25. The minimum absolute atomic E-state index is 0.442. The van der Waals surface area contributed by atoms with Crippen molar-refractivity contribution in [1.82, 2.24) is 5.32 Å². The summed E-state index contributed by atoms with van der Waals surface area (Å²) in [5.74, 6) is 0. The Morgan fingerprint density at radius 1 is 1.50 bits per heavy atom. The van der Waals surface area contributed by atoms with Gasteiger partial charge in [-0.25, -0.2) is 0 Å². The second kappa shape index (κ2) is 5.50. The number of methoxy groups -OCH3 is 1. The fraction of sp³-hybridized carbons (Fsp3) is 0.500. The summed E-state index contributed by atoms with van der Waals surface area (Å²) in [4.78, 5) is 0. The largest absolute Gasteiger partial charge is 0.381 e. The molecule has 0 radical (unpaired) electrons. The van der Waals surface area contributed by atoms with E-state index >= 15 is 0 Å². The Bertz CT molecular complexity index is 366. The van der Waals surface area contributed by atoms with Crippen LogP contribution in [0.5, 0.6) is 0 Å². The second-order valence-corrected chi connectivity index (χ2v) is 5.47. The summed E-state index contributed by atoms with van der Waals surface area (Å²) in [6.45, 7) is 0.827. The Labute approximate surface area is 109 Å². The van der Waals surface area contributed by atoms with E-state index in [9.17, 15) is 0 Å². The van der Waals surface area contributed by atoms with Crippen molar-refractivity contribution in [3.8, 4) is 0 Å². The topological polar surface area (TPSA) is 21.3 Å². The number of hydrogen-bond acceptors (Lipinski definition) is 2. The molecule has 1 aliphatic rings. The fourth-order valence-electron chi connectivity index (χ4n) is 1.84. The molecular formula is C12H15BrClNO. The van der Waals surface area contributed by atoms with Gasteiger partial charge >= 0.3 is 0 Å². The van der Waals surface area contributed by atoms with Gasteiger partial charge in [-0.15, -0.1) is 0 Å². The molecule has 2 rings (SSSR count). The number of benzene rings is 1. The van der Waals surface area contributed by atoms with E-state index in [-0.39, 0.29) is 0 Å². The van der Waals surface area contributed by atoms with Crippen LogP contribution in [0.1, 0.15) is 18.4 Å². The summed E-state index contributed by atoms with van der Waals surface area (Å²) in [7, 11) is 1.77. The van der Waals surface area contributed by atoms with E-state index in [2.05, 4.69) is 21.2 Å². The Kier molecular flexibility index (Phi) is 4.25. The molecule has 1 aromatic rings. The van der Waals surface area contributed by atoms with E-state index in [0.29, 0.717) is 12.1 Å². The average Bonchev–Trinajstić information content (AvgIpc) is 2.18. The van der Waals surface area contributed by atoms with Crippen molar-refractivity contribution in [3.05, 3.63) is 33.3 Å². The second-order valence-electron chi connectivity index (χ2n) is 4.14. The first-order chi connectivity index (χ1) is 7.69. The Morgan fingerprint density at radius 3 is 2.88 bits per heavy atom. The first kappa shape index (κ1) is 12.4. The van der Waals surface area contributed by atoms with Gasteiger partial charge in [0.15, 0.2) is 0 Å². The van der Waals surface area contributed by atoms with Gasteiger partial charge in [0, 0.05) is 29.2 Å². The van der Waals surface area contributed by atoms with Crippen LogP contribution in [0.3, 0.4) is 0 Å². The van der Waals surface area contributed by atoms with Crippen LogP contribution >= 0.6 is 27.5 Å². The average molecular weight is 305 g/mol. The zero-order valence-corrected chi connectivity index (χ0v) is 11.5. The van der Waals surface area contributed by atoms with Crippen molar-refractivity contribution in [1.29, 1.82) is 0 Å². The Balaban J connectivity index is 1.82. The molecule has 0 aliphatic heterocycles. The van der Waals surface area contributed by atoms with Gasteiger partial charge in [0.25, 0.3) is 0 Å². The lowest BCUT2D eigenvalue weighted by Crippen LogP contribution is -2.44. The molecule has 0 spiro atoms. The number of halogens is 2. The summed E-state index contributed by atoms with van der Waals surface area (Å²) in [5.41, 5.74) is 1.14. The minimum atomic E-state index is 0.442. The Hall–Kier alpha value is -0.0900. The Morgan fingerprint density at radius 2 is 2.25 bits per heavy atom. The van der Waals surface area contributed by atoms with E-state index in [1.165, 1.54) is 0 Å². The molecule has 1 saturated carbocycles. The molecule has 2 nitrogen and oxygen atoms in total. The predicted molar refractivity (Wildman–Crippen MR) is 69.8 cm³/mol. The standard InChI is InChI=1S/C12H15BrClNO/c1-16-11-5-10(6-11)15-7-8-2-3-9(13)4-12(8)14/h2-4,10-11,15H,5-7H2,1H3. The van der Waals surface area contributed by atoms with Gasteiger partial charge in [0.2, 0.25) is 0 Å². The SMILES string of the molecule is COC1CC(NCc2ccc(Br)cc2Cl)C1. The quantitative estimate of drug-likeness (QED) is 0.921. The van der Waals surface area contributed by atoms with Crippen LogP contribution in [0.2, 0.25) is 5.02 Å². The van der Waals surface area contributed by atoms with Crippen LogP contribution in [0.4, 0.5) is 0 Å². The predicted octanol–water partition coefficient (Wildman–Crippen LogP) is 3.37. The summed E-state index contributed by atoms with van der Waals surface area (Å²) in [6, 6.07) is 6.56. The number of ether oxygens (including phenoxy) is 1. The van der Waals surface area contributed by atoms with Crippen molar-refractivity contribution >= 4 is 27.5 Å². The molecule has 1 aromatic carbocycles. The molecule has 0 aromatic heterocycles. The van der Waals surface area contributed by atoms with Crippen molar-refractivity contribution in [2.24, 2.45) is 0 Å². The first-order valence-corrected chi connectivity index (χ1v) is 6.56. The van der Waals surface area contributed by atoms with E-state index < -0.39 is 0 Å². The first-order valence-electron chi connectivity index (χ1n) is 5.39. The van der Waals surface area contributed by atoms with Crippen molar-refractivity contribution in [3.63, 3.8) is 0 Å². The zero-order chi connectivity index (χ0) is 11.5. The van der Waals surface area contributed by atoms with Gasteiger partial charge < -0.3 is 10.1 Å². The van der Waals surface area contributed by atoms with E-state index in [0.717, 1.165) is 34.4 Å². The maximum atomic E-state index is 6.14. The highest BCUT2D eigenvalue weighted by Gasteiger charge is 2.28. The third kappa shape index (κ3) is 2.98. The lowest BCUT2D eigenvalue weighted by molar-refractivity contribution is 0.0170. The molecule has 1 fully saturated rings. The highest BCUT2D eigenvalue weighted by Crippen LogP contribution is 2.25. The van der Waals surface area contributed by atoms with Gasteiger partial charge in [-0.3, -0.25) is 0 Å². The van der Waals surface area contributed by atoms with Crippen LogP contribution in [0.25, 0.3) is 0 Å². The molecule has 0 heterocycles. The maximum Gasteiger partial charge on any atom is 0.0601 e. The van der Waals surface area contributed by atoms with Crippen LogP contribution in [0, 0.1) is 0 Å². The molecule has 1 aliphatic carbocycles. The third-order valence-corrected chi connectivity index (χ3v) is 3.87. The molecule has 0 unspecified atom stereocenters. The molecule has 0 saturated heterocycles. The van der Waals surface area contributed by atoms with Gasteiger partial charge in [0.1, 0.15) is 0 Å². The van der Waals surface area contributed by atoms with Gasteiger partial charge in [0.05, 0.1) is 6.10 Å². The van der Waals surface area contributed by atoms with E-state index in [1.807, 2.05) is 18.2 Å². The highest BCUT2D eigenvalue weighted by molar-refractivity contribution is 9.10. The highest BCUT2D eigenvalue weighted by atomic mass is 79.9. The van der Waals surface area contributed by atoms with Crippen LogP contribution in [-0.2, 0) is 11.3 Å². The number of rotatable bonds is 4.